The van der Waals surface area contributed by atoms with Crippen molar-refractivity contribution in [2.24, 2.45) is 7.05 Å². The first-order valence-electron chi connectivity index (χ1n) is 6.16. The van der Waals surface area contributed by atoms with Crippen molar-refractivity contribution in [1.82, 2.24) is 14.7 Å². The Hall–Kier alpha value is -1.52. The Labute approximate surface area is 103 Å². The maximum Gasteiger partial charge on any atom is 0.241 e. The highest BCUT2D eigenvalue weighted by Crippen LogP contribution is 2.13. The van der Waals surface area contributed by atoms with E-state index in [9.17, 15) is 4.79 Å². The average molecular weight is 238 g/mol. The first-order chi connectivity index (χ1) is 8.12. The van der Waals surface area contributed by atoms with Crippen molar-refractivity contribution in [3.63, 3.8) is 0 Å². The summed E-state index contributed by atoms with van der Waals surface area (Å²) in [6.07, 6.45) is 2.77. The topological polar surface area (TPSA) is 50.2 Å². The molecule has 1 aromatic rings. The number of aryl methyl sites for hydroxylation is 2. The second-order valence-corrected chi connectivity index (χ2v) is 3.94. The number of hydrogen-bond donors (Lipinski definition) is 1. The summed E-state index contributed by atoms with van der Waals surface area (Å²) >= 11 is 0. The highest BCUT2D eigenvalue weighted by molar-refractivity contribution is 5.80. The molecule has 1 N–H and O–H groups in total. The first-order valence-corrected chi connectivity index (χ1v) is 6.16. The summed E-state index contributed by atoms with van der Waals surface area (Å²) in [6, 6.07) is 0. The van der Waals surface area contributed by atoms with E-state index in [1.165, 1.54) is 0 Å². The molecule has 1 aromatic heterocycles. The predicted octanol–water partition coefficient (Wildman–Crippen LogP) is 1.26. The lowest BCUT2D eigenvalue weighted by atomic mass is 10.3. The molecule has 17 heavy (non-hydrogen) atoms. The molecule has 0 aromatic carbocycles. The van der Waals surface area contributed by atoms with E-state index in [4.69, 9.17) is 0 Å². The van der Waals surface area contributed by atoms with Gasteiger partial charge in [-0.15, -0.1) is 0 Å². The van der Waals surface area contributed by atoms with Gasteiger partial charge in [0.1, 0.15) is 0 Å². The molecule has 0 saturated heterocycles. The van der Waals surface area contributed by atoms with Crippen molar-refractivity contribution in [3.8, 4) is 0 Å². The van der Waals surface area contributed by atoms with Crippen LogP contribution in [0.3, 0.4) is 0 Å². The van der Waals surface area contributed by atoms with Crippen molar-refractivity contribution in [3.05, 3.63) is 11.9 Å². The average Bonchev–Trinajstić information content (AvgIpc) is 2.68. The van der Waals surface area contributed by atoms with E-state index in [1.807, 2.05) is 32.0 Å². The van der Waals surface area contributed by atoms with Gasteiger partial charge in [0.25, 0.3) is 0 Å². The predicted molar refractivity (Wildman–Crippen MR) is 69.0 cm³/mol. The van der Waals surface area contributed by atoms with Crippen LogP contribution >= 0.6 is 0 Å². The molecule has 96 valence electrons. The molecule has 0 unspecified atom stereocenters. The SMILES string of the molecule is CCc1nn(C)cc1NCC(=O)N(CC)CC. The number of carbonyl (C=O) groups is 1. The third-order valence-electron chi connectivity index (χ3n) is 2.79. The van der Waals surface area contributed by atoms with Crippen molar-refractivity contribution in [2.45, 2.75) is 27.2 Å². The zero-order valence-corrected chi connectivity index (χ0v) is 11.2. The maximum atomic E-state index is 11.8. The quantitative estimate of drug-likeness (QED) is 0.812. The van der Waals surface area contributed by atoms with Crippen LogP contribution in [0, 0.1) is 0 Å². The first kappa shape index (κ1) is 13.5. The van der Waals surface area contributed by atoms with Crippen LogP contribution in [0.4, 0.5) is 5.69 Å². The smallest absolute Gasteiger partial charge is 0.241 e. The van der Waals surface area contributed by atoms with Gasteiger partial charge in [-0.3, -0.25) is 9.48 Å². The van der Waals surface area contributed by atoms with E-state index in [0.717, 1.165) is 30.9 Å². The number of anilines is 1. The number of carbonyl (C=O) groups excluding carboxylic acids is 1. The van der Waals surface area contributed by atoms with Gasteiger partial charge in [0.2, 0.25) is 5.91 Å². The molecule has 0 bridgehead atoms. The number of aromatic nitrogens is 2. The Morgan fingerprint density at radius 1 is 1.41 bits per heavy atom. The van der Waals surface area contributed by atoms with Crippen LogP contribution in [0.5, 0.6) is 0 Å². The molecule has 0 atom stereocenters. The van der Waals surface area contributed by atoms with Crippen LogP contribution in [0.25, 0.3) is 0 Å². The Morgan fingerprint density at radius 2 is 2.06 bits per heavy atom. The van der Waals surface area contributed by atoms with Crippen LogP contribution in [-0.4, -0.2) is 40.2 Å². The van der Waals surface area contributed by atoms with E-state index in [0.29, 0.717) is 6.54 Å². The second-order valence-electron chi connectivity index (χ2n) is 3.94. The minimum Gasteiger partial charge on any atom is -0.373 e. The summed E-state index contributed by atoms with van der Waals surface area (Å²) in [5.74, 6) is 0.126. The number of hydrogen-bond acceptors (Lipinski definition) is 3. The fraction of sp³-hybridized carbons (Fsp3) is 0.667. The maximum absolute atomic E-state index is 11.8. The lowest BCUT2D eigenvalue weighted by Gasteiger charge is -2.18. The number of nitrogens with one attached hydrogen (secondary N) is 1. The van der Waals surface area contributed by atoms with Gasteiger partial charge in [-0.2, -0.15) is 5.10 Å². The molecule has 0 saturated carbocycles. The molecule has 1 amide bonds. The molecule has 0 aliphatic heterocycles. The Balaban J connectivity index is 2.57. The van der Waals surface area contributed by atoms with Crippen molar-refractivity contribution >= 4 is 11.6 Å². The monoisotopic (exact) mass is 238 g/mol. The van der Waals surface area contributed by atoms with Gasteiger partial charge in [0.15, 0.2) is 0 Å². The molecule has 0 aliphatic carbocycles. The molecule has 0 fully saturated rings. The minimum atomic E-state index is 0.126. The van der Waals surface area contributed by atoms with Crippen LogP contribution in [0.1, 0.15) is 26.5 Å². The summed E-state index contributed by atoms with van der Waals surface area (Å²) in [5, 5.41) is 7.48. The normalized spacial score (nSPS) is 10.4. The lowest BCUT2D eigenvalue weighted by molar-refractivity contribution is -0.128. The molecule has 1 heterocycles. The largest absolute Gasteiger partial charge is 0.373 e. The van der Waals surface area contributed by atoms with Crippen molar-refractivity contribution in [1.29, 1.82) is 0 Å². The molecule has 5 nitrogen and oxygen atoms in total. The van der Waals surface area contributed by atoms with E-state index in [1.54, 1.807) is 4.68 Å². The highest BCUT2D eigenvalue weighted by atomic mass is 16.2. The molecule has 0 aliphatic rings. The summed E-state index contributed by atoms with van der Waals surface area (Å²) in [6.45, 7) is 7.88. The van der Waals surface area contributed by atoms with E-state index in [2.05, 4.69) is 17.3 Å². The number of likely N-dealkylation sites (N-methyl/N-ethyl adjacent to an activating group) is 1. The fourth-order valence-electron chi connectivity index (χ4n) is 1.80. The molecule has 0 radical (unpaired) electrons. The number of amides is 1. The molecule has 5 heteroatoms. The van der Waals surface area contributed by atoms with Gasteiger partial charge in [-0.25, -0.2) is 0 Å². The standard InChI is InChI=1S/C12H22N4O/c1-5-10-11(9-15(4)14-10)13-8-12(17)16(6-2)7-3/h9,13H,5-8H2,1-4H3. The third-order valence-corrected chi connectivity index (χ3v) is 2.79. The molecular weight excluding hydrogens is 216 g/mol. The van der Waals surface area contributed by atoms with E-state index >= 15 is 0 Å². The summed E-state index contributed by atoms with van der Waals surface area (Å²) < 4.78 is 1.77. The number of rotatable bonds is 6. The van der Waals surface area contributed by atoms with Crippen LogP contribution < -0.4 is 5.32 Å². The summed E-state index contributed by atoms with van der Waals surface area (Å²) in [7, 11) is 1.89. The molecular formula is C12H22N4O. The minimum absolute atomic E-state index is 0.126. The third kappa shape index (κ3) is 3.47. The summed E-state index contributed by atoms with van der Waals surface area (Å²) in [4.78, 5) is 13.6. The highest BCUT2D eigenvalue weighted by Gasteiger charge is 2.11. The van der Waals surface area contributed by atoms with E-state index in [-0.39, 0.29) is 5.91 Å². The van der Waals surface area contributed by atoms with Gasteiger partial charge in [0.05, 0.1) is 17.9 Å². The van der Waals surface area contributed by atoms with E-state index < -0.39 is 0 Å². The summed E-state index contributed by atoms with van der Waals surface area (Å²) in [5.41, 5.74) is 1.95. The second kappa shape index (κ2) is 6.27. The zero-order valence-electron chi connectivity index (χ0n) is 11.2. The van der Waals surface area contributed by atoms with Gasteiger partial charge in [-0.1, -0.05) is 6.92 Å². The number of nitrogens with zero attached hydrogens (tertiary/aromatic N) is 3. The molecule has 0 spiro atoms. The Bertz CT molecular complexity index is 369. The van der Waals surface area contributed by atoms with Crippen LogP contribution in [0.2, 0.25) is 0 Å². The van der Waals surface area contributed by atoms with Crippen LogP contribution in [-0.2, 0) is 18.3 Å². The fourth-order valence-corrected chi connectivity index (χ4v) is 1.80. The molecule has 1 rings (SSSR count). The Morgan fingerprint density at radius 3 is 2.59 bits per heavy atom. The lowest BCUT2D eigenvalue weighted by Crippen LogP contribution is -2.35. The van der Waals surface area contributed by atoms with Gasteiger partial charge >= 0.3 is 0 Å². The van der Waals surface area contributed by atoms with Gasteiger partial charge < -0.3 is 10.2 Å². The van der Waals surface area contributed by atoms with Gasteiger partial charge in [0, 0.05) is 26.3 Å². The van der Waals surface area contributed by atoms with Crippen molar-refractivity contribution < 1.29 is 4.79 Å². The van der Waals surface area contributed by atoms with Crippen molar-refractivity contribution in [2.75, 3.05) is 25.0 Å². The van der Waals surface area contributed by atoms with Gasteiger partial charge in [-0.05, 0) is 20.3 Å². The van der Waals surface area contributed by atoms with Crippen LogP contribution in [0.15, 0.2) is 6.20 Å². The Kier molecular flexibility index (Phi) is 5.00. The zero-order chi connectivity index (χ0) is 12.8.